The molecule has 0 radical (unpaired) electrons. The van der Waals surface area contributed by atoms with Gasteiger partial charge < -0.3 is 9.64 Å². The van der Waals surface area contributed by atoms with Crippen LogP contribution in [0.4, 0.5) is 23.4 Å². The highest BCUT2D eigenvalue weighted by molar-refractivity contribution is 6.31. The van der Waals surface area contributed by atoms with Crippen LogP contribution in [0.15, 0.2) is 24.4 Å². The van der Waals surface area contributed by atoms with Gasteiger partial charge in [-0.1, -0.05) is 11.6 Å². The number of ether oxygens (including phenoxy) is 1. The first kappa shape index (κ1) is 19.2. The fraction of sp³-hybridized carbons (Fsp3) is 0.474. The fourth-order valence-electron chi connectivity index (χ4n) is 3.47. The molecule has 1 saturated carbocycles. The third kappa shape index (κ3) is 3.62. The maximum absolute atomic E-state index is 13.7. The fourth-order valence-corrected chi connectivity index (χ4v) is 3.73. The van der Waals surface area contributed by atoms with Crippen LogP contribution in [0, 0.1) is 11.6 Å². The number of alkyl halides is 2. The minimum atomic E-state index is -2.48. The maximum Gasteiger partial charge on any atom is 0.249 e. The first-order valence-electron chi connectivity index (χ1n) is 9.07. The van der Waals surface area contributed by atoms with Gasteiger partial charge in [0.1, 0.15) is 11.9 Å². The smallest absolute Gasteiger partial charge is 0.249 e. The number of piperidine rings is 1. The van der Waals surface area contributed by atoms with Crippen LogP contribution < -0.4 is 9.64 Å². The Balaban J connectivity index is 1.40. The second-order valence-electron chi connectivity index (χ2n) is 7.21. The van der Waals surface area contributed by atoms with Crippen LogP contribution in [0.2, 0.25) is 5.15 Å². The third-order valence-corrected chi connectivity index (χ3v) is 5.61. The van der Waals surface area contributed by atoms with Gasteiger partial charge in [0.05, 0.1) is 17.3 Å². The summed E-state index contributed by atoms with van der Waals surface area (Å²) in [6.45, 7) is 1.09. The number of hydrogen-bond acceptors (Lipinski definition) is 4. The SMILES string of the molecule is Fc1ccc(OC2CCN(c3ncc(C4(C(F)F)CC4)nc3Cl)CC2)c(F)c1. The van der Waals surface area contributed by atoms with Crippen molar-refractivity contribution < 1.29 is 22.3 Å². The van der Waals surface area contributed by atoms with Crippen molar-refractivity contribution in [3.8, 4) is 5.75 Å². The standard InChI is InChI=1S/C19H18ClF4N3O/c20-16-17(25-10-15(26-16)19(5-6-19)18(23)24)27-7-3-12(4-8-27)28-14-2-1-11(21)9-13(14)22/h1-2,9-10,12,18H,3-8H2. The number of hydrogen-bond donors (Lipinski definition) is 0. The lowest BCUT2D eigenvalue weighted by Gasteiger charge is -2.33. The Labute approximate surface area is 164 Å². The molecule has 0 amide bonds. The number of aromatic nitrogens is 2. The van der Waals surface area contributed by atoms with Gasteiger partial charge in [-0.25, -0.2) is 27.5 Å². The summed E-state index contributed by atoms with van der Waals surface area (Å²) in [7, 11) is 0. The van der Waals surface area contributed by atoms with E-state index < -0.39 is 23.5 Å². The molecule has 1 aromatic carbocycles. The molecule has 0 N–H and O–H groups in total. The van der Waals surface area contributed by atoms with Crippen LogP contribution in [0.25, 0.3) is 0 Å². The summed E-state index contributed by atoms with van der Waals surface area (Å²) >= 11 is 6.23. The van der Waals surface area contributed by atoms with Gasteiger partial charge in [-0.2, -0.15) is 0 Å². The van der Waals surface area contributed by atoms with E-state index >= 15 is 0 Å². The Morgan fingerprint density at radius 2 is 1.89 bits per heavy atom. The monoisotopic (exact) mass is 415 g/mol. The predicted molar refractivity (Wildman–Crippen MR) is 96.2 cm³/mol. The zero-order chi connectivity index (χ0) is 19.9. The van der Waals surface area contributed by atoms with Crippen LogP contribution in [-0.4, -0.2) is 35.6 Å². The van der Waals surface area contributed by atoms with E-state index in [-0.39, 0.29) is 22.7 Å². The molecule has 0 spiro atoms. The predicted octanol–water partition coefficient (Wildman–Crippen LogP) is 4.75. The average Bonchev–Trinajstić information content (AvgIpc) is 3.47. The van der Waals surface area contributed by atoms with Gasteiger partial charge in [-0.3, -0.25) is 0 Å². The van der Waals surface area contributed by atoms with Crippen molar-refractivity contribution in [3.63, 3.8) is 0 Å². The van der Waals surface area contributed by atoms with Crippen LogP contribution in [0.5, 0.6) is 5.75 Å². The molecular formula is C19H18ClF4N3O. The molecule has 2 heterocycles. The van der Waals surface area contributed by atoms with E-state index in [0.717, 1.165) is 12.1 Å². The van der Waals surface area contributed by atoms with Crippen LogP contribution >= 0.6 is 11.6 Å². The molecule has 1 aliphatic heterocycles. The Kier molecular flexibility index (Phi) is 5.07. The minimum absolute atomic E-state index is 0.0174. The Morgan fingerprint density at radius 1 is 1.18 bits per heavy atom. The van der Waals surface area contributed by atoms with Gasteiger partial charge in [0, 0.05) is 32.0 Å². The van der Waals surface area contributed by atoms with Gasteiger partial charge in [0.2, 0.25) is 6.43 Å². The van der Waals surface area contributed by atoms with Gasteiger partial charge >= 0.3 is 0 Å². The summed E-state index contributed by atoms with van der Waals surface area (Å²) in [5, 5.41) is 0.105. The summed E-state index contributed by atoms with van der Waals surface area (Å²) in [5.74, 6) is -0.929. The largest absolute Gasteiger partial charge is 0.487 e. The summed E-state index contributed by atoms with van der Waals surface area (Å²) in [5.41, 5.74) is -0.962. The maximum atomic E-state index is 13.7. The highest BCUT2D eigenvalue weighted by atomic mass is 35.5. The van der Waals surface area contributed by atoms with Crippen LogP contribution in [0.3, 0.4) is 0 Å². The molecule has 1 aliphatic carbocycles. The Hall–Kier alpha value is -2.09. The number of halogens is 5. The molecule has 0 atom stereocenters. The minimum Gasteiger partial charge on any atom is -0.487 e. The zero-order valence-electron chi connectivity index (χ0n) is 14.8. The average molecular weight is 416 g/mol. The summed E-state index contributed by atoms with van der Waals surface area (Å²) in [6, 6.07) is 3.21. The van der Waals surface area contributed by atoms with Crippen molar-refractivity contribution >= 4 is 17.4 Å². The summed E-state index contributed by atoms with van der Waals surface area (Å²) < 4.78 is 58.8. The molecule has 28 heavy (non-hydrogen) atoms. The quantitative estimate of drug-likeness (QED) is 0.660. The molecule has 1 saturated heterocycles. The second-order valence-corrected chi connectivity index (χ2v) is 7.56. The molecule has 2 fully saturated rings. The molecule has 0 unspecified atom stereocenters. The molecule has 9 heteroatoms. The Bertz CT molecular complexity index is 870. The molecule has 4 nitrogen and oxygen atoms in total. The number of anilines is 1. The topological polar surface area (TPSA) is 38.2 Å². The summed E-state index contributed by atoms with van der Waals surface area (Å²) in [6.07, 6.45) is 0.612. The van der Waals surface area contributed by atoms with E-state index in [0.29, 0.717) is 44.6 Å². The van der Waals surface area contributed by atoms with Gasteiger partial charge in [0.15, 0.2) is 22.5 Å². The zero-order valence-corrected chi connectivity index (χ0v) is 15.6. The van der Waals surface area contributed by atoms with Crippen molar-refractivity contribution in [2.24, 2.45) is 0 Å². The van der Waals surface area contributed by atoms with E-state index in [9.17, 15) is 17.6 Å². The first-order valence-corrected chi connectivity index (χ1v) is 9.45. The van der Waals surface area contributed by atoms with Gasteiger partial charge in [-0.05, 0) is 25.0 Å². The van der Waals surface area contributed by atoms with E-state index in [1.54, 1.807) is 0 Å². The highest BCUT2D eigenvalue weighted by Crippen LogP contribution is 2.52. The van der Waals surface area contributed by atoms with Crippen LogP contribution in [-0.2, 0) is 5.41 Å². The Morgan fingerprint density at radius 3 is 2.46 bits per heavy atom. The van der Waals surface area contributed by atoms with Crippen molar-refractivity contribution in [1.82, 2.24) is 9.97 Å². The van der Waals surface area contributed by atoms with Crippen molar-refractivity contribution in [3.05, 3.63) is 46.9 Å². The van der Waals surface area contributed by atoms with E-state index in [2.05, 4.69) is 9.97 Å². The molecule has 1 aromatic heterocycles. The number of rotatable bonds is 5. The van der Waals surface area contributed by atoms with Crippen molar-refractivity contribution in [2.45, 2.75) is 43.6 Å². The lowest BCUT2D eigenvalue weighted by molar-refractivity contribution is 0.0996. The normalized spacial score (nSPS) is 19.1. The lowest BCUT2D eigenvalue weighted by atomic mass is 10.0. The second kappa shape index (κ2) is 7.39. The van der Waals surface area contributed by atoms with Gasteiger partial charge in [-0.15, -0.1) is 0 Å². The van der Waals surface area contributed by atoms with Crippen LogP contribution in [0.1, 0.15) is 31.4 Å². The third-order valence-electron chi connectivity index (χ3n) is 5.36. The number of nitrogens with zero attached hydrogens (tertiary/aromatic N) is 3. The van der Waals surface area contributed by atoms with E-state index in [1.165, 1.54) is 12.3 Å². The van der Waals surface area contributed by atoms with E-state index in [1.807, 2.05) is 4.90 Å². The molecule has 150 valence electrons. The molecule has 2 aromatic rings. The molecule has 0 bridgehead atoms. The molecule has 2 aliphatic rings. The summed E-state index contributed by atoms with van der Waals surface area (Å²) in [4.78, 5) is 10.4. The van der Waals surface area contributed by atoms with E-state index in [4.69, 9.17) is 16.3 Å². The molecule has 4 rings (SSSR count). The van der Waals surface area contributed by atoms with Crippen molar-refractivity contribution in [1.29, 1.82) is 0 Å². The number of benzene rings is 1. The molecular weight excluding hydrogens is 398 g/mol. The highest BCUT2D eigenvalue weighted by Gasteiger charge is 2.54. The lowest BCUT2D eigenvalue weighted by Crippen LogP contribution is -2.39. The van der Waals surface area contributed by atoms with Crippen molar-refractivity contribution in [2.75, 3.05) is 18.0 Å². The first-order chi connectivity index (χ1) is 13.4. The van der Waals surface area contributed by atoms with Gasteiger partial charge in [0.25, 0.3) is 0 Å².